The smallest absolute Gasteiger partial charge is 0.128 e. The average Bonchev–Trinajstić information content (AvgIpc) is 3.38. The maximum Gasteiger partial charge on any atom is 0.128 e. The first kappa shape index (κ1) is 29.0. The molecule has 2 aliphatic rings. The molecule has 2 heterocycles. The molecule has 0 N–H and O–H groups in total. The van der Waals surface area contributed by atoms with Crippen LogP contribution in [-0.2, 0) is 12.8 Å². The number of benzene rings is 2. The van der Waals surface area contributed by atoms with Crippen molar-refractivity contribution in [3.05, 3.63) is 58.1 Å². The second-order valence-electron chi connectivity index (χ2n) is 12.5. The zero-order chi connectivity index (χ0) is 26.8. The molecule has 2 atom stereocenters. The SMILES string of the molecule is CCCCCCCCCCCCCCCCC1(C)CCc2c3c(c(C)c(C)c2O1)OC(c1ccccc1)C3. The van der Waals surface area contributed by atoms with Crippen molar-refractivity contribution in [2.45, 2.75) is 155 Å². The van der Waals surface area contributed by atoms with Gasteiger partial charge in [-0.1, -0.05) is 121 Å². The highest BCUT2D eigenvalue weighted by atomic mass is 16.5. The topological polar surface area (TPSA) is 18.5 Å². The molecule has 2 nitrogen and oxygen atoms in total. The molecule has 0 fully saturated rings. The van der Waals surface area contributed by atoms with Crippen LogP contribution in [0.25, 0.3) is 0 Å². The van der Waals surface area contributed by atoms with Gasteiger partial charge in [-0.2, -0.15) is 0 Å². The summed E-state index contributed by atoms with van der Waals surface area (Å²) in [5.41, 5.74) is 6.59. The number of fused-ring (bicyclic) bond motifs is 3. The Balaban J connectivity index is 1.17. The Kier molecular flexibility index (Phi) is 11.0. The Morgan fingerprint density at radius 3 is 1.87 bits per heavy atom. The van der Waals surface area contributed by atoms with Crippen LogP contribution in [0.3, 0.4) is 0 Å². The van der Waals surface area contributed by atoms with Gasteiger partial charge in [-0.05, 0) is 63.1 Å². The van der Waals surface area contributed by atoms with Crippen molar-refractivity contribution < 1.29 is 9.47 Å². The number of ether oxygens (including phenoxy) is 2. The molecule has 210 valence electrons. The summed E-state index contributed by atoms with van der Waals surface area (Å²) in [6, 6.07) is 10.7. The van der Waals surface area contributed by atoms with Crippen LogP contribution < -0.4 is 9.47 Å². The van der Waals surface area contributed by atoms with Gasteiger partial charge < -0.3 is 9.47 Å². The third-order valence-corrected chi connectivity index (χ3v) is 9.29. The molecule has 4 rings (SSSR count). The standard InChI is InChI=1S/C36H54O2/c1-5-6-7-8-9-10-11-12-13-14-15-16-17-21-25-36(4)26-24-31-32-27-33(30-22-19-18-20-23-30)37-34(32)28(2)29(3)35(31)38-36/h18-20,22-23,33H,5-17,21,24-27H2,1-4H3. The summed E-state index contributed by atoms with van der Waals surface area (Å²) in [6.45, 7) is 9.09. The van der Waals surface area contributed by atoms with E-state index in [0.29, 0.717) is 0 Å². The van der Waals surface area contributed by atoms with E-state index in [2.05, 4.69) is 58.0 Å². The van der Waals surface area contributed by atoms with Crippen molar-refractivity contribution in [2.75, 3.05) is 0 Å². The number of rotatable bonds is 16. The minimum absolute atomic E-state index is 0.0339. The molecule has 2 aliphatic heterocycles. The van der Waals surface area contributed by atoms with Crippen LogP contribution >= 0.6 is 0 Å². The fourth-order valence-corrected chi connectivity index (χ4v) is 6.62. The lowest BCUT2D eigenvalue weighted by Crippen LogP contribution is -2.37. The Bertz CT molecular complexity index is 994. The number of hydrogen-bond donors (Lipinski definition) is 0. The van der Waals surface area contributed by atoms with Crippen molar-refractivity contribution in [1.29, 1.82) is 0 Å². The second kappa shape index (κ2) is 14.4. The van der Waals surface area contributed by atoms with E-state index in [0.717, 1.165) is 30.8 Å². The maximum atomic E-state index is 6.86. The molecule has 0 saturated heterocycles. The maximum absolute atomic E-state index is 6.86. The second-order valence-corrected chi connectivity index (χ2v) is 12.5. The zero-order valence-electron chi connectivity index (χ0n) is 25.0. The van der Waals surface area contributed by atoms with Crippen molar-refractivity contribution in [1.82, 2.24) is 0 Å². The van der Waals surface area contributed by atoms with E-state index < -0.39 is 0 Å². The Labute approximate surface area is 233 Å². The molecule has 0 amide bonds. The van der Waals surface area contributed by atoms with E-state index in [1.807, 2.05) is 0 Å². The third kappa shape index (κ3) is 7.57. The summed E-state index contributed by atoms with van der Waals surface area (Å²) in [6.07, 6.45) is 24.2. The molecule has 2 unspecified atom stereocenters. The fourth-order valence-electron chi connectivity index (χ4n) is 6.62. The molecule has 0 aliphatic carbocycles. The van der Waals surface area contributed by atoms with Gasteiger partial charge in [0.2, 0.25) is 0 Å². The van der Waals surface area contributed by atoms with Crippen LogP contribution in [0.5, 0.6) is 11.5 Å². The molecular formula is C36H54O2. The Hall–Kier alpha value is -1.96. The van der Waals surface area contributed by atoms with Crippen LogP contribution in [0.2, 0.25) is 0 Å². The average molecular weight is 519 g/mol. The van der Waals surface area contributed by atoms with Crippen molar-refractivity contribution in [3.63, 3.8) is 0 Å². The molecule has 0 radical (unpaired) electrons. The van der Waals surface area contributed by atoms with Crippen LogP contribution in [0.1, 0.15) is 151 Å². The van der Waals surface area contributed by atoms with Gasteiger partial charge in [0.1, 0.15) is 23.2 Å². The summed E-state index contributed by atoms with van der Waals surface area (Å²) >= 11 is 0. The quantitative estimate of drug-likeness (QED) is 0.206. The Morgan fingerprint density at radius 1 is 0.711 bits per heavy atom. The molecule has 0 spiro atoms. The first-order valence-corrected chi connectivity index (χ1v) is 16.1. The summed E-state index contributed by atoms with van der Waals surface area (Å²) in [5.74, 6) is 2.28. The first-order valence-electron chi connectivity index (χ1n) is 16.1. The van der Waals surface area contributed by atoms with Crippen LogP contribution in [0.15, 0.2) is 30.3 Å². The lowest BCUT2D eigenvalue weighted by Gasteiger charge is -2.38. The molecule has 38 heavy (non-hydrogen) atoms. The molecule has 0 bridgehead atoms. The van der Waals surface area contributed by atoms with Crippen LogP contribution in [-0.4, -0.2) is 5.60 Å². The van der Waals surface area contributed by atoms with Gasteiger partial charge in [-0.25, -0.2) is 0 Å². The van der Waals surface area contributed by atoms with Crippen molar-refractivity contribution in [2.24, 2.45) is 0 Å². The first-order chi connectivity index (χ1) is 18.5. The molecule has 0 aromatic heterocycles. The molecule has 2 aromatic rings. The minimum atomic E-state index is -0.0339. The molecule has 2 heteroatoms. The summed E-state index contributed by atoms with van der Waals surface area (Å²) in [4.78, 5) is 0. The van der Waals surface area contributed by atoms with Gasteiger partial charge >= 0.3 is 0 Å². The highest BCUT2D eigenvalue weighted by Crippen LogP contribution is 2.50. The number of hydrogen-bond acceptors (Lipinski definition) is 2. The lowest BCUT2D eigenvalue weighted by atomic mass is 9.83. The highest BCUT2D eigenvalue weighted by molar-refractivity contribution is 5.61. The van der Waals surface area contributed by atoms with Gasteiger partial charge in [0.25, 0.3) is 0 Å². The predicted molar refractivity (Wildman–Crippen MR) is 162 cm³/mol. The van der Waals surface area contributed by atoms with E-state index in [1.165, 1.54) is 124 Å². The predicted octanol–water partition coefficient (Wildman–Crippen LogP) is 10.9. The zero-order valence-corrected chi connectivity index (χ0v) is 25.0. The lowest BCUT2D eigenvalue weighted by molar-refractivity contribution is 0.0523. The molecule has 0 saturated carbocycles. The molecule has 2 aromatic carbocycles. The van der Waals surface area contributed by atoms with Gasteiger partial charge in [-0.3, -0.25) is 0 Å². The fraction of sp³-hybridized carbons (Fsp3) is 0.667. The summed E-state index contributed by atoms with van der Waals surface area (Å²) in [5, 5.41) is 0. The molecular weight excluding hydrogens is 464 g/mol. The van der Waals surface area contributed by atoms with Crippen LogP contribution in [0.4, 0.5) is 0 Å². The minimum Gasteiger partial charge on any atom is -0.487 e. The van der Waals surface area contributed by atoms with E-state index in [9.17, 15) is 0 Å². The number of unbranched alkanes of at least 4 members (excludes halogenated alkanes) is 13. The van der Waals surface area contributed by atoms with Gasteiger partial charge in [0.05, 0.1) is 0 Å². The van der Waals surface area contributed by atoms with Crippen molar-refractivity contribution in [3.8, 4) is 11.5 Å². The monoisotopic (exact) mass is 518 g/mol. The Morgan fingerprint density at radius 2 is 1.26 bits per heavy atom. The largest absolute Gasteiger partial charge is 0.487 e. The van der Waals surface area contributed by atoms with E-state index >= 15 is 0 Å². The van der Waals surface area contributed by atoms with E-state index in [1.54, 1.807) is 0 Å². The summed E-state index contributed by atoms with van der Waals surface area (Å²) < 4.78 is 13.4. The van der Waals surface area contributed by atoms with E-state index in [4.69, 9.17) is 9.47 Å². The van der Waals surface area contributed by atoms with Gasteiger partial charge in [0.15, 0.2) is 0 Å². The van der Waals surface area contributed by atoms with E-state index in [-0.39, 0.29) is 11.7 Å². The third-order valence-electron chi connectivity index (χ3n) is 9.29. The van der Waals surface area contributed by atoms with Gasteiger partial charge in [0, 0.05) is 17.5 Å². The normalized spacial score (nSPS) is 20.1. The highest BCUT2D eigenvalue weighted by Gasteiger charge is 2.38. The summed E-state index contributed by atoms with van der Waals surface area (Å²) in [7, 11) is 0. The van der Waals surface area contributed by atoms with Crippen molar-refractivity contribution >= 4 is 0 Å². The van der Waals surface area contributed by atoms with Gasteiger partial charge in [-0.15, -0.1) is 0 Å². The van der Waals surface area contributed by atoms with Crippen LogP contribution in [0, 0.1) is 13.8 Å².